The highest BCUT2D eigenvalue weighted by Gasteiger charge is 1.94. The van der Waals surface area contributed by atoms with Crippen LogP contribution in [0, 0.1) is 0 Å². The molecule has 0 saturated heterocycles. The molecule has 5 heteroatoms. The van der Waals surface area contributed by atoms with Crippen LogP contribution >= 0.6 is 0 Å². The molecule has 0 fully saturated rings. The summed E-state index contributed by atoms with van der Waals surface area (Å²) in [5.41, 5.74) is 0. The average Bonchev–Trinajstić information content (AvgIpc) is 2.19. The number of nitrogens with one attached hydrogen (secondary N) is 2. The van der Waals surface area contributed by atoms with Gasteiger partial charge in [0.2, 0.25) is 0 Å². The largest absolute Gasteiger partial charge is 0.396 e. The summed E-state index contributed by atoms with van der Waals surface area (Å²) >= 11 is 0. The molecule has 1 aromatic heterocycles. The number of rotatable bonds is 5. The molecule has 3 N–H and O–H groups in total. The maximum absolute atomic E-state index is 8.56. The molecular weight excluding hydrogens is 168 g/mol. The topological polar surface area (TPSA) is 70.1 Å². The summed E-state index contributed by atoms with van der Waals surface area (Å²) in [6.45, 7) is 0.893. The number of aliphatic hydroxyl groups excluding tert-OH is 1. The van der Waals surface area contributed by atoms with Gasteiger partial charge in [0, 0.05) is 20.2 Å². The Labute approximate surface area is 77.2 Å². The molecule has 0 saturated carbocycles. The fraction of sp³-hybridized carbons (Fsp3) is 0.500. The van der Waals surface area contributed by atoms with Crippen LogP contribution in [0.25, 0.3) is 0 Å². The summed E-state index contributed by atoms with van der Waals surface area (Å²) in [6, 6.07) is 0. The van der Waals surface area contributed by atoms with E-state index in [4.69, 9.17) is 5.11 Å². The fourth-order valence-electron chi connectivity index (χ4n) is 0.867. The van der Waals surface area contributed by atoms with Gasteiger partial charge in [0.15, 0.2) is 0 Å². The Kier molecular flexibility index (Phi) is 3.98. The van der Waals surface area contributed by atoms with E-state index in [1.807, 2.05) is 0 Å². The minimum atomic E-state index is 0.187. The van der Waals surface area contributed by atoms with Gasteiger partial charge in [-0.2, -0.15) is 0 Å². The maximum atomic E-state index is 8.56. The zero-order chi connectivity index (χ0) is 9.52. The van der Waals surface area contributed by atoms with E-state index in [0.717, 1.165) is 11.6 Å². The van der Waals surface area contributed by atoms with Crippen LogP contribution in [0.15, 0.2) is 12.4 Å². The maximum Gasteiger partial charge on any atom is 0.146 e. The number of anilines is 2. The quantitative estimate of drug-likeness (QED) is 0.572. The summed E-state index contributed by atoms with van der Waals surface area (Å²) in [5.74, 6) is 1.45. The van der Waals surface area contributed by atoms with E-state index in [9.17, 15) is 0 Å². The molecule has 1 aromatic rings. The normalized spacial score (nSPS) is 9.69. The molecule has 0 amide bonds. The van der Waals surface area contributed by atoms with Crippen molar-refractivity contribution in [1.29, 1.82) is 0 Å². The monoisotopic (exact) mass is 182 g/mol. The fourth-order valence-corrected chi connectivity index (χ4v) is 0.867. The Morgan fingerprint density at radius 1 is 1.38 bits per heavy atom. The van der Waals surface area contributed by atoms with Crippen molar-refractivity contribution in [3.05, 3.63) is 12.4 Å². The summed E-state index contributed by atoms with van der Waals surface area (Å²) in [5, 5.41) is 14.5. The van der Waals surface area contributed by atoms with E-state index in [2.05, 4.69) is 20.6 Å². The highest BCUT2D eigenvalue weighted by atomic mass is 16.3. The van der Waals surface area contributed by atoms with Crippen LogP contribution in [0.1, 0.15) is 6.42 Å². The standard InChI is InChI=1S/C8H14N4O/c1-9-7-5-10-6-8(12-7)11-3-2-4-13/h5-6,13H,2-4H2,1H3,(H2,9,11,12). The van der Waals surface area contributed by atoms with Crippen LogP contribution in [0.2, 0.25) is 0 Å². The number of hydrogen-bond donors (Lipinski definition) is 3. The molecule has 0 aromatic carbocycles. The molecule has 0 bridgehead atoms. The van der Waals surface area contributed by atoms with Crippen molar-refractivity contribution in [3.8, 4) is 0 Å². The van der Waals surface area contributed by atoms with Gasteiger partial charge in [-0.05, 0) is 6.42 Å². The van der Waals surface area contributed by atoms with Gasteiger partial charge in [-0.1, -0.05) is 0 Å². The first-order chi connectivity index (χ1) is 6.36. The number of hydrogen-bond acceptors (Lipinski definition) is 5. The van der Waals surface area contributed by atoms with Gasteiger partial charge >= 0.3 is 0 Å². The molecule has 0 unspecified atom stereocenters. The second-order valence-electron chi connectivity index (χ2n) is 2.54. The first kappa shape index (κ1) is 9.73. The summed E-state index contributed by atoms with van der Waals surface area (Å²) in [6.07, 6.45) is 4.01. The van der Waals surface area contributed by atoms with Crippen molar-refractivity contribution < 1.29 is 5.11 Å². The van der Waals surface area contributed by atoms with Crippen molar-refractivity contribution in [2.75, 3.05) is 30.8 Å². The second kappa shape index (κ2) is 5.31. The molecule has 5 nitrogen and oxygen atoms in total. The predicted molar refractivity (Wildman–Crippen MR) is 51.8 cm³/mol. The minimum absolute atomic E-state index is 0.187. The third-order valence-corrected chi connectivity index (χ3v) is 1.53. The van der Waals surface area contributed by atoms with Crippen LogP contribution in [0.4, 0.5) is 11.6 Å². The van der Waals surface area contributed by atoms with Crippen LogP contribution in [-0.4, -0.2) is 35.3 Å². The van der Waals surface area contributed by atoms with E-state index >= 15 is 0 Å². The summed E-state index contributed by atoms with van der Waals surface area (Å²) < 4.78 is 0. The Morgan fingerprint density at radius 3 is 2.85 bits per heavy atom. The Bertz CT molecular complexity index is 254. The SMILES string of the molecule is CNc1cncc(NCCCO)n1. The Hall–Kier alpha value is -1.36. The molecule has 0 radical (unpaired) electrons. The van der Waals surface area contributed by atoms with Crippen molar-refractivity contribution in [1.82, 2.24) is 9.97 Å². The van der Waals surface area contributed by atoms with E-state index in [1.54, 1.807) is 19.4 Å². The molecule has 0 aliphatic rings. The summed E-state index contributed by atoms with van der Waals surface area (Å²) in [4.78, 5) is 8.18. The molecule has 1 rings (SSSR count). The number of aliphatic hydroxyl groups is 1. The zero-order valence-electron chi connectivity index (χ0n) is 7.62. The molecule has 0 spiro atoms. The van der Waals surface area contributed by atoms with Gasteiger partial charge in [0.25, 0.3) is 0 Å². The van der Waals surface area contributed by atoms with Crippen LogP contribution in [-0.2, 0) is 0 Å². The lowest BCUT2D eigenvalue weighted by Crippen LogP contribution is -2.06. The number of nitrogens with zero attached hydrogens (tertiary/aromatic N) is 2. The molecule has 72 valence electrons. The van der Waals surface area contributed by atoms with Crippen molar-refractivity contribution in [2.24, 2.45) is 0 Å². The number of aromatic nitrogens is 2. The second-order valence-corrected chi connectivity index (χ2v) is 2.54. The first-order valence-corrected chi connectivity index (χ1v) is 4.21. The molecule has 0 atom stereocenters. The van der Waals surface area contributed by atoms with Gasteiger partial charge in [0.05, 0.1) is 12.4 Å². The van der Waals surface area contributed by atoms with Gasteiger partial charge in [-0.25, -0.2) is 4.98 Å². The van der Waals surface area contributed by atoms with Crippen LogP contribution in [0.5, 0.6) is 0 Å². The van der Waals surface area contributed by atoms with E-state index in [-0.39, 0.29) is 6.61 Å². The van der Waals surface area contributed by atoms with E-state index < -0.39 is 0 Å². The Morgan fingerprint density at radius 2 is 2.15 bits per heavy atom. The lowest BCUT2D eigenvalue weighted by Gasteiger charge is -2.04. The molecule has 0 aliphatic carbocycles. The first-order valence-electron chi connectivity index (χ1n) is 4.21. The third-order valence-electron chi connectivity index (χ3n) is 1.53. The molecule has 1 heterocycles. The van der Waals surface area contributed by atoms with Crippen molar-refractivity contribution in [3.63, 3.8) is 0 Å². The van der Waals surface area contributed by atoms with E-state index in [1.165, 1.54) is 0 Å². The molecular formula is C8H14N4O. The molecule has 0 aliphatic heterocycles. The lowest BCUT2D eigenvalue weighted by atomic mass is 10.4. The highest BCUT2D eigenvalue weighted by Crippen LogP contribution is 2.04. The van der Waals surface area contributed by atoms with Gasteiger partial charge in [-0.3, -0.25) is 4.98 Å². The smallest absolute Gasteiger partial charge is 0.146 e. The van der Waals surface area contributed by atoms with Gasteiger partial charge in [-0.15, -0.1) is 0 Å². The minimum Gasteiger partial charge on any atom is -0.396 e. The summed E-state index contributed by atoms with van der Waals surface area (Å²) in [7, 11) is 1.79. The van der Waals surface area contributed by atoms with Gasteiger partial charge in [0.1, 0.15) is 11.6 Å². The van der Waals surface area contributed by atoms with Gasteiger partial charge < -0.3 is 15.7 Å². The zero-order valence-corrected chi connectivity index (χ0v) is 7.62. The van der Waals surface area contributed by atoms with Crippen molar-refractivity contribution in [2.45, 2.75) is 6.42 Å². The lowest BCUT2D eigenvalue weighted by molar-refractivity contribution is 0.292. The van der Waals surface area contributed by atoms with Crippen LogP contribution < -0.4 is 10.6 Å². The Balaban J connectivity index is 2.46. The van der Waals surface area contributed by atoms with E-state index in [0.29, 0.717) is 13.0 Å². The van der Waals surface area contributed by atoms with Crippen LogP contribution in [0.3, 0.4) is 0 Å². The third kappa shape index (κ3) is 3.25. The average molecular weight is 182 g/mol. The predicted octanol–water partition coefficient (Wildman–Crippen LogP) is 0.313. The molecule has 13 heavy (non-hydrogen) atoms. The highest BCUT2D eigenvalue weighted by molar-refractivity contribution is 5.40. The van der Waals surface area contributed by atoms with Crippen molar-refractivity contribution >= 4 is 11.6 Å².